The molecule has 160 valence electrons. The molecule has 2 aromatic carbocycles. The number of nitrogens with zero attached hydrogens (tertiary/aromatic N) is 1. The summed E-state index contributed by atoms with van der Waals surface area (Å²) in [6.07, 6.45) is 1.11. The number of amides is 2. The average molecular weight is 432 g/mol. The molecule has 1 aliphatic rings. The maximum Gasteiger partial charge on any atom is 0.255 e. The third-order valence-electron chi connectivity index (χ3n) is 4.94. The Balaban J connectivity index is 1.85. The van der Waals surface area contributed by atoms with Crippen LogP contribution in [0.15, 0.2) is 42.5 Å². The van der Waals surface area contributed by atoms with E-state index >= 15 is 0 Å². The van der Waals surface area contributed by atoms with Crippen LogP contribution in [0.2, 0.25) is 0 Å². The summed E-state index contributed by atoms with van der Waals surface area (Å²) in [5.41, 5.74) is 1.79. The second kappa shape index (κ2) is 8.74. The molecule has 8 nitrogen and oxygen atoms in total. The third-order valence-corrected chi connectivity index (χ3v) is 5.92. The zero-order valence-electron chi connectivity index (χ0n) is 17.0. The van der Waals surface area contributed by atoms with Gasteiger partial charge in [0, 0.05) is 30.1 Å². The lowest BCUT2D eigenvalue weighted by Gasteiger charge is -2.27. The summed E-state index contributed by atoms with van der Waals surface area (Å²) in [6.45, 7) is 0.253. The van der Waals surface area contributed by atoms with Crippen molar-refractivity contribution in [2.45, 2.75) is 19.0 Å². The zero-order chi connectivity index (χ0) is 21.9. The van der Waals surface area contributed by atoms with E-state index < -0.39 is 21.8 Å². The topological polar surface area (TPSA) is 102 Å². The fourth-order valence-corrected chi connectivity index (χ4v) is 4.07. The second-order valence-corrected chi connectivity index (χ2v) is 9.34. The first-order chi connectivity index (χ1) is 14.2. The highest BCUT2D eigenvalue weighted by Crippen LogP contribution is 2.31. The molecule has 1 unspecified atom stereocenters. The van der Waals surface area contributed by atoms with Crippen LogP contribution in [0, 0.1) is 0 Å². The van der Waals surface area contributed by atoms with E-state index in [0.717, 1.165) is 11.8 Å². The van der Waals surface area contributed by atoms with Crippen LogP contribution in [0.3, 0.4) is 0 Å². The van der Waals surface area contributed by atoms with Crippen LogP contribution in [0.5, 0.6) is 11.5 Å². The molecule has 0 radical (unpaired) electrons. The van der Waals surface area contributed by atoms with Crippen LogP contribution in [0.4, 0.5) is 5.69 Å². The average Bonchev–Trinajstić information content (AvgIpc) is 3.04. The van der Waals surface area contributed by atoms with Crippen molar-refractivity contribution >= 4 is 27.3 Å². The third kappa shape index (κ3) is 4.73. The van der Waals surface area contributed by atoms with E-state index in [1.807, 2.05) is 12.1 Å². The first kappa shape index (κ1) is 21.6. The minimum Gasteiger partial charge on any atom is -0.493 e. The Hall–Kier alpha value is -3.07. The molecule has 0 fully saturated rings. The van der Waals surface area contributed by atoms with Crippen LogP contribution in [0.25, 0.3) is 0 Å². The van der Waals surface area contributed by atoms with Gasteiger partial charge in [-0.15, -0.1) is 0 Å². The number of fused-ring (bicyclic) bond motifs is 1. The molecule has 0 bridgehead atoms. The summed E-state index contributed by atoms with van der Waals surface area (Å²) in [7, 11) is -0.322. The molecular formula is C21H24N2O6S. The second-order valence-electron chi connectivity index (χ2n) is 7.08. The highest BCUT2D eigenvalue weighted by atomic mass is 32.2. The molecule has 1 N–H and O–H groups in total. The Bertz CT molecular complexity index is 1070. The Morgan fingerprint density at radius 1 is 1.13 bits per heavy atom. The molecule has 0 saturated carbocycles. The van der Waals surface area contributed by atoms with Crippen molar-refractivity contribution in [1.82, 2.24) is 4.90 Å². The molecule has 0 aromatic heterocycles. The number of carbonyl (C=O) groups is 2. The van der Waals surface area contributed by atoms with Gasteiger partial charge in [0.2, 0.25) is 5.91 Å². The van der Waals surface area contributed by atoms with Crippen LogP contribution < -0.4 is 14.8 Å². The van der Waals surface area contributed by atoms with Gasteiger partial charge < -0.3 is 19.7 Å². The lowest BCUT2D eigenvalue weighted by molar-refractivity contribution is -0.120. The minimum atomic E-state index is -3.31. The monoisotopic (exact) mass is 432 g/mol. The molecule has 0 spiro atoms. The fraction of sp³-hybridized carbons (Fsp3) is 0.333. The van der Waals surface area contributed by atoms with Gasteiger partial charge in [-0.05, 0) is 30.2 Å². The van der Waals surface area contributed by atoms with Gasteiger partial charge in [0.15, 0.2) is 11.5 Å². The maximum atomic E-state index is 13.1. The molecule has 1 atom stereocenters. The SMILES string of the molecule is COc1ccc(NC(=O)C(CCS(C)(=O)=O)N2Cc3ccccc3C2=O)cc1OC. The number of sulfone groups is 1. The number of nitrogens with one attached hydrogen (secondary N) is 1. The Labute approximate surface area is 175 Å². The van der Waals surface area contributed by atoms with Gasteiger partial charge in [-0.1, -0.05) is 18.2 Å². The van der Waals surface area contributed by atoms with Gasteiger partial charge >= 0.3 is 0 Å². The van der Waals surface area contributed by atoms with E-state index in [4.69, 9.17) is 9.47 Å². The molecule has 0 aliphatic carbocycles. The molecule has 1 heterocycles. The smallest absolute Gasteiger partial charge is 0.255 e. The number of carbonyl (C=O) groups excluding carboxylic acids is 2. The van der Waals surface area contributed by atoms with Gasteiger partial charge in [0.05, 0.1) is 20.0 Å². The summed E-state index contributed by atoms with van der Waals surface area (Å²) >= 11 is 0. The van der Waals surface area contributed by atoms with Crippen molar-refractivity contribution in [3.05, 3.63) is 53.6 Å². The lowest BCUT2D eigenvalue weighted by Crippen LogP contribution is -2.45. The molecular weight excluding hydrogens is 408 g/mol. The van der Waals surface area contributed by atoms with E-state index in [9.17, 15) is 18.0 Å². The number of methoxy groups -OCH3 is 2. The summed E-state index contributed by atoms with van der Waals surface area (Å²) in [4.78, 5) is 27.4. The number of rotatable bonds is 8. The van der Waals surface area contributed by atoms with E-state index in [1.165, 1.54) is 19.1 Å². The summed E-state index contributed by atoms with van der Waals surface area (Å²) in [6, 6.07) is 11.1. The van der Waals surface area contributed by atoms with Gasteiger partial charge in [-0.3, -0.25) is 9.59 Å². The normalized spacial score (nSPS) is 14.2. The van der Waals surface area contributed by atoms with Crippen LogP contribution >= 0.6 is 0 Å². The number of benzene rings is 2. The van der Waals surface area contributed by atoms with Crippen molar-refractivity contribution in [1.29, 1.82) is 0 Å². The molecule has 2 amide bonds. The standard InChI is InChI=1S/C21H24N2O6S/c1-28-18-9-8-15(12-19(18)29-2)22-20(24)17(10-11-30(3,26)27)23-13-14-6-4-5-7-16(14)21(23)25/h4-9,12,17H,10-11,13H2,1-3H3,(H,22,24). The summed E-state index contributed by atoms with van der Waals surface area (Å²) < 4.78 is 33.9. The Morgan fingerprint density at radius 3 is 2.47 bits per heavy atom. The molecule has 30 heavy (non-hydrogen) atoms. The van der Waals surface area contributed by atoms with Gasteiger partial charge in [0.1, 0.15) is 15.9 Å². The van der Waals surface area contributed by atoms with Crippen molar-refractivity contribution in [3.63, 3.8) is 0 Å². The number of hydrogen-bond acceptors (Lipinski definition) is 6. The van der Waals surface area contributed by atoms with Crippen molar-refractivity contribution in [2.75, 3.05) is 31.5 Å². The highest BCUT2D eigenvalue weighted by molar-refractivity contribution is 7.90. The van der Waals surface area contributed by atoms with E-state index in [0.29, 0.717) is 22.7 Å². The van der Waals surface area contributed by atoms with E-state index in [1.54, 1.807) is 30.3 Å². The van der Waals surface area contributed by atoms with E-state index in [2.05, 4.69) is 5.32 Å². The first-order valence-corrected chi connectivity index (χ1v) is 11.4. The minimum absolute atomic E-state index is 0.00230. The fourth-order valence-electron chi connectivity index (χ4n) is 3.42. The largest absolute Gasteiger partial charge is 0.493 e. The summed E-state index contributed by atoms with van der Waals surface area (Å²) in [5.74, 6) is -0.0162. The number of anilines is 1. The van der Waals surface area contributed by atoms with Crippen molar-refractivity contribution in [3.8, 4) is 11.5 Å². The van der Waals surface area contributed by atoms with Gasteiger partial charge in [-0.25, -0.2) is 8.42 Å². The highest BCUT2D eigenvalue weighted by Gasteiger charge is 2.36. The van der Waals surface area contributed by atoms with Gasteiger partial charge in [0.25, 0.3) is 5.91 Å². The summed E-state index contributed by atoms with van der Waals surface area (Å²) in [5, 5.41) is 2.77. The molecule has 1 aliphatic heterocycles. The predicted octanol–water partition coefficient (Wildman–Crippen LogP) is 2.10. The Morgan fingerprint density at radius 2 is 1.83 bits per heavy atom. The maximum absolute atomic E-state index is 13.1. The van der Waals surface area contributed by atoms with Crippen molar-refractivity contribution < 1.29 is 27.5 Å². The molecule has 3 rings (SSSR count). The van der Waals surface area contributed by atoms with Crippen molar-refractivity contribution in [2.24, 2.45) is 0 Å². The molecule has 2 aromatic rings. The quantitative estimate of drug-likeness (QED) is 0.685. The number of hydrogen-bond donors (Lipinski definition) is 1. The van der Waals surface area contributed by atoms with Crippen LogP contribution in [0.1, 0.15) is 22.3 Å². The van der Waals surface area contributed by atoms with Gasteiger partial charge in [-0.2, -0.15) is 0 Å². The number of ether oxygens (including phenoxy) is 2. The van der Waals surface area contributed by atoms with E-state index in [-0.39, 0.29) is 24.6 Å². The Kier molecular flexibility index (Phi) is 6.31. The predicted molar refractivity (Wildman–Crippen MR) is 113 cm³/mol. The molecule has 0 saturated heterocycles. The molecule has 9 heteroatoms. The van der Waals surface area contributed by atoms with Crippen LogP contribution in [-0.4, -0.2) is 57.4 Å². The van der Waals surface area contributed by atoms with Crippen LogP contribution in [-0.2, 0) is 21.2 Å². The zero-order valence-corrected chi connectivity index (χ0v) is 17.9. The first-order valence-electron chi connectivity index (χ1n) is 9.33. The lowest BCUT2D eigenvalue weighted by atomic mass is 10.1.